The minimum absolute atomic E-state index is 0.0143. The summed E-state index contributed by atoms with van der Waals surface area (Å²) < 4.78 is 39.9. The fourth-order valence-electron chi connectivity index (χ4n) is 7.37. The number of sulfonamides is 1. The first kappa shape index (κ1) is 47.6. The zero-order valence-electron chi connectivity index (χ0n) is 33.9. The lowest BCUT2D eigenvalue weighted by atomic mass is 9.96. The fourth-order valence-corrected chi connectivity index (χ4v) is 8.73. The van der Waals surface area contributed by atoms with Gasteiger partial charge in [-0.1, -0.05) is 166 Å². The number of amides is 1. The van der Waals surface area contributed by atoms with E-state index in [0.29, 0.717) is 19.4 Å². The van der Waals surface area contributed by atoms with Crippen molar-refractivity contribution in [2.24, 2.45) is 0 Å². The summed E-state index contributed by atoms with van der Waals surface area (Å²) in [6, 6.07) is 9.12. The van der Waals surface area contributed by atoms with Gasteiger partial charge in [-0.3, -0.25) is 4.79 Å². The third-order valence-electron chi connectivity index (χ3n) is 10.7. The molecule has 0 aromatic heterocycles. The second-order valence-electron chi connectivity index (χ2n) is 15.5. The van der Waals surface area contributed by atoms with Crippen LogP contribution in [0.3, 0.4) is 0 Å². The lowest BCUT2D eigenvalue weighted by Gasteiger charge is -2.43. The Morgan fingerprint density at radius 3 is 1.75 bits per heavy atom. The van der Waals surface area contributed by atoms with Crippen LogP contribution in [0.5, 0.6) is 0 Å². The Hall–Kier alpha value is -1.56. The molecule has 0 saturated carbocycles. The molecule has 9 nitrogen and oxygen atoms in total. The van der Waals surface area contributed by atoms with Crippen molar-refractivity contribution in [1.82, 2.24) is 9.62 Å². The van der Waals surface area contributed by atoms with Crippen LogP contribution in [0, 0.1) is 0 Å². The number of hydrogen-bond donors (Lipinski definition) is 3. The normalized spacial score (nSPS) is 20.5. The third-order valence-corrected chi connectivity index (χ3v) is 12.2. The van der Waals surface area contributed by atoms with E-state index in [2.05, 4.69) is 30.7 Å². The molecule has 1 aromatic carbocycles. The van der Waals surface area contributed by atoms with Crippen LogP contribution in [-0.2, 0) is 30.7 Å². The molecule has 1 aromatic rings. The summed E-state index contributed by atoms with van der Waals surface area (Å²) in [6.45, 7) is 5.01. The van der Waals surface area contributed by atoms with E-state index >= 15 is 0 Å². The minimum atomic E-state index is -3.74. The predicted octanol–water partition coefficient (Wildman–Crippen LogP) is 8.84. The summed E-state index contributed by atoms with van der Waals surface area (Å²) in [7, 11) is -2.35. The number of methoxy groups -OCH3 is 1. The number of ether oxygens (including phenoxy) is 2. The molecule has 1 amide bonds. The molecule has 0 radical (unpaired) electrons. The van der Waals surface area contributed by atoms with Crippen LogP contribution in [0.2, 0.25) is 0 Å². The monoisotopic (exact) mass is 767 g/mol. The minimum Gasteiger partial charge on any atom is -0.388 e. The second kappa shape index (κ2) is 29.7. The van der Waals surface area contributed by atoms with Crippen molar-refractivity contribution in [2.45, 2.75) is 205 Å². The molecule has 3 N–H and O–H groups in total. The van der Waals surface area contributed by atoms with Crippen LogP contribution >= 0.6 is 0 Å². The molecule has 0 unspecified atom stereocenters. The first-order valence-corrected chi connectivity index (χ1v) is 23.2. The Morgan fingerprint density at radius 1 is 0.717 bits per heavy atom. The van der Waals surface area contributed by atoms with E-state index in [9.17, 15) is 23.4 Å². The smallest absolute Gasteiger partial charge is 0.222 e. The Bertz CT molecular complexity index is 1140. The van der Waals surface area contributed by atoms with E-state index in [1.807, 2.05) is 18.2 Å². The summed E-state index contributed by atoms with van der Waals surface area (Å²) in [5, 5.41) is 22.3. The number of hydrogen-bond acceptors (Lipinski definition) is 7. The maximum Gasteiger partial charge on any atom is 0.222 e. The molecule has 0 bridgehead atoms. The van der Waals surface area contributed by atoms with Gasteiger partial charge in [0, 0.05) is 26.6 Å². The number of unbranched alkanes of at least 4 members (excludes halogenated alkanes) is 20. The highest BCUT2D eigenvalue weighted by Gasteiger charge is 2.47. The molecule has 10 heteroatoms. The number of benzene rings is 1. The predicted molar refractivity (Wildman–Crippen MR) is 217 cm³/mol. The molecule has 5 atom stereocenters. The van der Waals surface area contributed by atoms with Gasteiger partial charge in [-0.15, -0.1) is 0 Å². The Labute approximate surface area is 324 Å². The Kier molecular flexibility index (Phi) is 26.7. The van der Waals surface area contributed by atoms with Gasteiger partial charge >= 0.3 is 0 Å². The number of aliphatic hydroxyl groups excluding tert-OH is 2. The molecular weight excluding hydrogens is 689 g/mol. The van der Waals surface area contributed by atoms with Gasteiger partial charge in [-0.25, -0.2) is 13.1 Å². The van der Waals surface area contributed by atoms with Crippen molar-refractivity contribution in [3.8, 4) is 0 Å². The van der Waals surface area contributed by atoms with E-state index in [1.54, 1.807) is 4.90 Å². The topological polar surface area (TPSA) is 125 Å². The summed E-state index contributed by atoms with van der Waals surface area (Å²) in [5.41, 5.74) is 1.25. The average molecular weight is 767 g/mol. The van der Waals surface area contributed by atoms with Crippen LogP contribution in [0.4, 0.5) is 0 Å². The van der Waals surface area contributed by atoms with E-state index in [-0.39, 0.29) is 18.2 Å². The maximum atomic E-state index is 13.6. The van der Waals surface area contributed by atoms with Crippen LogP contribution in [0.1, 0.15) is 174 Å². The molecule has 0 spiro atoms. The molecule has 1 fully saturated rings. The Morgan fingerprint density at radius 2 is 1.23 bits per heavy atom. The Balaban J connectivity index is 1.84. The van der Waals surface area contributed by atoms with Crippen LogP contribution in [0.25, 0.3) is 0 Å². The van der Waals surface area contributed by atoms with Crippen molar-refractivity contribution in [2.75, 3.05) is 26.0 Å². The molecule has 2 rings (SSSR count). The molecule has 1 heterocycles. The largest absolute Gasteiger partial charge is 0.388 e. The summed E-state index contributed by atoms with van der Waals surface area (Å²) in [4.78, 5) is 15.3. The van der Waals surface area contributed by atoms with Gasteiger partial charge in [0.1, 0.15) is 24.4 Å². The first-order valence-electron chi connectivity index (χ1n) is 21.6. The number of nitrogens with one attached hydrogen (secondary N) is 1. The second-order valence-corrected chi connectivity index (χ2v) is 17.3. The standard InChI is InChI=1S/C43H78N2O7S/c1-4-6-8-10-12-13-14-15-16-17-18-19-20-21-26-33-39(46)45(34-28-27-32-37-30-24-23-25-31-37)36-38-41(47)42(48)40(43(51-3)52-38)44-53(49,50)35-29-22-11-9-7-5-2/h23-25,30-31,38,40-44,47-48H,4-22,26-29,32-36H2,1-3H3/t38-,40+,41-,42-,43+/m1/s1. The van der Waals surface area contributed by atoms with E-state index in [4.69, 9.17) is 9.47 Å². The highest BCUT2D eigenvalue weighted by atomic mass is 32.2. The van der Waals surface area contributed by atoms with Gasteiger partial charge in [0.15, 0.2) is 6.29 Å². The summed E-state index contributed by atoms with van der Waals surface area (Å²) >= 11 is 0. The van der Waals surface area contributed by atoms with Crippen LogP contribution < -0.4 is 4.72 Å². The molecule has 1 aliphatic rings. The zero-order chi connectivity index (χ0) is 38.6. The van der Waals surface area contributed by atoms with Crippen LogP contribution in [-0.4, -0.2) is 86.0 Å². The highest BCUT2D eigenvalue weighted by Crippen LogP contribution is 2.25. The maximum absolute atomic E-state index is 13.6. The molecule has 308 valence electrons. The number of carbonyl (C=O) groups is 1. The summed E-state index contributed by atoms with van der Waals surface area (Å²) in [6.07, 6.45) is 22.8. The van der Waals surface area contributed by atoms with Crippen molar-refractivity contribution < 1.29 is 32.9 Å². The quantitative estimate of drug-likeness (QED) is 0.0611. The number of carbonyl (C=O) groups excluding carboxylic acids is 1. The number of aryl methyl sites for hydroxylation is 1. The fraction of sp³-hybridized carbons (Fsp3) is 0.837. The number of rotatable bonds is 33. The highest BCUT2D eigenvalue weighted by molar-refractivity contribution is 7.89. The van der Waals surface area contributed by atoms with Crippen LogP contribution in [0.15, 0.2) is 30.3 Å². The van der Waals surface area contributed by atoms with Gasteiger partial charge in [0.2, 0.25) is 15.9 Å². The molecule has 1 aliphatic heterocycles. The number of aliphatic hydroxyl groups is 2. The molecule has 0 aliphatic carbocycles. The zero-order valence-corrected chi connectivity index (χ0v) is 34.7. The van der Waals surface area contributed by atoms with Gasteiger partial charge < -0.3 is 24.6 Å². The number of nitrogens with zero attached hydrogens (tertiary/aromatic N) is 1. The van der Waals surface area contributed by atoms with E-state index in [1.165, 1.54) is 89.7 Å². The van der Waals surface area contributed by atoms with E-state index < -0.39 is 40.7 Å². The van der Waals surface area contributed by atoms with Crippen molar-refractivity contribution in [3.63, 3.8) is 0 Å². The lowest BCUT2D eigenvalue weighted by molar-refractivity contribution is -0.256. The first-order chi connectivity index (χ1) is 25.7. The van der Waals surface area contributed by atoms with Crippen molar-refractivity contribution in [1.29, 1.82) is 0 Å². The van der Waals surface area contributed by atoms with Crippen molar-refractivity contribution >= 4 is 15.9 Å². The third kappa shape index (κ3) is 21.4. The van der Waals surface area contributed by atoms with Gasteiger partial charge in [-0.2, -0.15) is 0 Å². The molecule has 53 heavy (non-hydrogen) atoms. The van der Waals surface area contributed by atoms with Crippen molar-refractivity contribution in [3.05, 3.63) is 35.9 Å². The molecular formula is C43H78N2O7S. The average Bonchev–Trinajstić information content (AvgIpc) is 3.15. The van der Waals surface area contributed by atoms with E-state index in [0.717, 1.165) is 70.6 Å². The molecule has 1 saturated heterocycles. The summed E-state index contributed by atoms with van der Waals surface area (Å²) in [5.74, 6) is -0.0523. The van der Waals surface area contributed by atoms with Gasteiger partial charge in [0.25, 0.3) is 0 Å². The lowest BCUT2D eigenvalue weighted by Crippen LogP contribution is -2.65. The van der Waals surface area contributed by atoms with Gasteiger partial charge in [-0.05, 0) is 37.7 Å². The SMILES string of the molecule is CCCCCCCCCCCCCCCCCC(=O)N(CCCCc1ccccc1)C[C@H]1O[C@H](OC)[C@@H](NS(=O)(=O)CCCCCCCC)[C@@H](O)[C@@H]1O. The van der Waals surface area contributed by atoms with Gasteiger partial charge in [0.05, 0.1) is 5.75 Å².